The molecule has 0 radical (unpaired) electrons. The third-order valence-electron chi connectivity index (χ3n) is 8.63. The van der Waals surface area contributed by atoms with Gasteiger partial charge in [0, 0.05) is 31.6 Å². The van der Waals surface area contributed by atoms with E-state index in [1.807, 2.05) is 6.07 Å². The van der Waals surface area contributed by atoms with Gasteiger partial charge in [-0.05, 0) is 84.9 Å². The van der Waals surface area contributed by atoms with Crippen LogP contribution < -0.4 is 0 Å². The van der Waals surface area contributed by atoms with E-state index in [4.69, 9.17) is 23.2 Å². The largest absolute Gasteiger partial charge is 0.416 e. The van der Waals surface area contributed by atoms with Crippen molar-refractivity contribution >= 4 is 45.6 Å². The highest BCUT2D eigenvalue weighted by Gasteiger charge is 2.35. The second-order valence-corrected chi connectivity index (χ2v) is 12.3. The Hall–Kier alpha value is -3.66. The molecule has 1 saturated heterocycles. The molecule has 1 heterocycles. The van der Waals surface area contributed by atoms with Crippen molar-refractivity contribution in [3.8, 4) is 0 Å². The average Bonchev–Trinajstić information content (AvgIpc) is 3.03. The van der Waals surface area contributed by atoms with Gasteiger partial charge in [-0.3, -0.25) is 14.9 Å². The van der Waals surface area contributed by atoms with E-state index in [-0.39, 0.29) is 29.0 Å². The summed E-state index contributed by atoms with van der Waals surface area (Å²) in [5.41, 5.74) is 0.769. The van der Waals surface area contributed by atoms with E-state index in [2.05, 4.69) is 4.90 Å². The van der Waals surface area contributed by atoms with E-state index in [1.54, 1.807) is 60.5 Å². The van der Waals surface area contributed by atoms with Gasteiger partial charge in [0.05, 0.1) is 26.1 Å². The minimum atomic E-state index is -4.39. The van der Waals surface area contributed by atoms with Gasteiger partial charge >= 0.3 is 6.18 Å². The van der Waals surface area contributed by atoms with Gasteiger partial charge in [0.2, 0.25) is 0 Å². The molecule has 236 valence electrons. The van der Waals surface area contributed by atoms with Crippen LogP contribution in [-0.4, -0.2) is 53.9 Å². The zero-order valence-electron chi connectivity index (χ0n) is 24.6. The second kappa shape index (κ2) is 13.8. The van der Waals surface area contributed by atoms with Crippen LogP contribution in [0, 0.1) is 10.1 Å². The number of benzene rings is 4. The molecule has 6 nitrogen and oxygen atoms in total. The number of nitrogens with zero attached hydrogens (tertiary/aromatic N) is 3. The summed E-state index contributed by atoms with van der Waals surface area (Å²) in [6.45, 7) is 2.28. The smallest absolute Gasteiger partial charge is 0.341 e. The maximum absolute atomic E-state index is 13.8. The Kier molecular flexibility index (Phi) is 10.0. The van der Waals surface area contributed by atoms with Gasteiger partial charge in [-0.15, -0.1) is 0 Å². The van der Waals surface area contributed by atoms with Gasteiger partial charge in [0.1, 0.15) is 0 Å². The lowest BCUT2D eigenvalue weighted by atomic mass is 9.86. The van der Waals surface area contributed by atoms with Crippen molar-refractivity contribution < 1.29 is 22.9 Å². The first-order chi connectivity index (χ1) is 21.4. The molecule has 0 saturated carbocycles. The van der Waals surface area contributed by atoms with Crippen LogP contribution in [0.5, 0.6) is 0 Å². The van der Waals surface area contributed by atoms with Crippen LogP contribution in [0.25, 0.3) is 10.8 Å². The normalized spacial score (nSPS) is 15.2. The number of rotatable bonds is 9. The molecule has 4 aromatic rings. The lowest BCUT2D eigenvalue weighted by molar-refractivity contribution is -0.384. The maximum atomic E-state index is 13.8. The van der Waals surface area contributed by atoms with E-state index < -0.39 is 16.7 Å². The Morgan fingerprint density at radius 3 is 2.38 bits per heavy atom. The Balaban J connectivity index is 1.32. The number of non-ortho nitro benzene ring substituents is 1. The summed E-state index contributed by atoms with van der Waals surface area (Å²) in [6, 6.07) is 21.0. The molecule has 1 fully saturated rings. The fourth-order valence-electron chi connectivity index (χ4n) is 6.24. The number of fused-ring (bicyclic) bond motifs is 1. The molecule has 0 aliphatic carbocycles. The SMILES string of the molecule is CN(C[C@@H](CCN1CCC(c2ccccc2C(F)(F)F)CC1)c1ccc(Cl)c(Cl)c1)C(=O)c1cc([N+](=O)[O-])cc2ccccc12. The molecule has 1 amide bonds. The third kappa shape index (κ3) is 7.60. The predicted molar refractivity (Wildman–Crippen MR) is 171 cm³/mol. The fourth-order valence-corrected chi connectivity index (χ4v) is 6.55. The molecule has 0 spiro atoms. The minimum absolute atomic E-state index is 0.151. The van der Waals surface area contributed by atoms with E-state index in [0.29, 0.717) is 71.8 Å². The number of carbonyl (C=O) groups excluding carboxylic acids is 1. The standard InChI is InChI=1S/C34H32Cl2F3N3O3/c1-40(33(43)29-20-26(42(44)45)18-24-6-2-3-7-27(24)29)21-25(23-10-11-31(35)32(36)19-23)14-17-41-15-12-22(13-16-41)28-8-4-5-9-30(28)34(37,38)39/h2-11,18-20,22,25H,12-17,21H2,1H3/t25-/m1/s1. The van der Waals surface area contributed by atoms with Crippen molar-refractivity contribution in [3.63, 3.8) is 0 Å². The van der Waals surface area contributed by atoms with Crippen LogP contribution in [0.3, 0.4) is 0 Å². The maximum Gasteiger partial charge on any atom is 0.416 e. The number of hydrogen-bond acceptors (Lipinski definition) is 4. The highest BCUT2D eigenvalue weighted by molar-refractivity contribution is 6.42. The number of nitro benzene ring substituents is 1. The summed E-state index contributed by atoms with van der Waals surface area (Å²) in [5.74, 6) is -0.662. The Morgan fingerprint density at radius 1 is 1.00 bits per heavy atom. The van der Waals surface area contributed by atoms with Crippen LogP contribution in [0.2, 0.25) is 10.0 Å². The Morgan fingerprint density at radius 2 is 1.69 bits per heavy atom. The van der Waals surface area contributed by atoms with Crippen molar-refractivity contribution in [2.75, 3.05) is 33.2 Å². The number of likely N-dealkylation sites (N-methyl/N-ethyl adjacent to an activating group) is 1. The van der Waals surface area contributed by atoms with Crippen molar-refractivity contribution in [1.82, 2.24) is 9.80 Å². The van der Waals surface area contributed by atoms with Crippen LogP contribution in [0.4, 0.5) is 18.9 Å². The summed E-state index contributed by atoms with van der Waals surface area (Å²) >= 11 is 12.6. The molecule has 0 N–H and O–H groups in total. The van der Waals surface area contributed by atoms with Gasteiger partial charge < -0.3 is 9.80 Å². The summed E-state index contributed by atoms with van der Waals surface area (Å²) in [6.07, 6.45) is -2.51. The third-order valence-corrected chi connectivity index (χ3v) is 9.37. The van der Waals surface area contributed by atoms with Crippen LogP contribution in [-0.2, 0) is 6.18 Å². The van der Waals surface area contributed by atoms with Gasteiger partial charge in [-0.25, -0.2) is 0 Å². The Labute approximate surface area is 269 Å². The van der Waals surface area contributed by atoms with Gasteiger partial charge in [-0.1, -0.05) is 71.7 Å². The van der Waals surface area contributed by atoms with Crippen molar-refractivity contribution in [1.29, 1.82) is 0 Å². The molecule has 0 aromatic heterocycles. The quantitative estimate of drug-likeness (QED) is 0.133. The number of carbonyl (C=O) groups is 1. The molecule has 4 aromatic carbocycles. The van der Waals surface area contributed by atoms with Crippen molar-refractivity contribution in [3.05, 3.63) is 121 Å². The monoisotopic (exact) mass is 657 g/mol. The second-order valence-electron chi connectivity index (χ2n) is 11.5. The minimum Gasteiger partial charge on any atom is -0.341 e. The fraction of sp³-hybridized carbons (Fsp3) is 0.324. The van der Waals surface area contributed by atoms with Crippen LogP contribution >= 0.6 is 23.2 Å². The van der Waals surface area contributed by atoms with Gasteiger partial charge in [-0.2, -0.15) is 13.2 Å². The number of halogens is 5. The van der Waals surface area contributed by atoms with E-state index >= 15 is 0 Å². The number of nitro groups is 1. The van der Waals surface area contributed by atoms with Crippen LogP contribution in [0.1, 0.15) is 58.1 Å². The summed E-state index contributed by atoms with van der Waals surface area (Å²) in [7, 11) is 1.67. The first-order valence-electron chi connectivity index (χ1n) is 14.7. The Bertz CT molecular complexity index is 1710. The zero-order valence-corrected chi connectivity index (χ0v) is 26.1. The van der Waals surface area contributed by atoms with Gasteiger partial charge in [0.25, 0.3) is 11.6 Å². The summed E-state index contributed by atoms with van der Waals surface area (Å²) in [4.78, 5) is 28.7. The lowest BCUT2D eigenvalue weighted by Gasteiger charge is -2.34. The molecule has 5 rings (SSSR count). The van der Waals surface area contributed by atoms with E-state index in [1.165, 1.54) is 18.2 Å². The molecule has 1 atom stereocenters. The molecular weight excluding hydrogens is 626 g/mol. The lowest BCUT2D eigenvalue weighted by Crippen LogP contribution is -2.36. The number of alkyl halides is 3. The number of hydrogen-bond donors (Lipinski definition) is 0. The highest BCUT2D eigenvalue weighted by atomic mass is 35.5. The summed E-state index contributed by atoms with van der Waals surface area (Å²) < 4.78 is 40.9. The summed E-state index contributed by atoms with van der Waals surface area (Å²) in [5, 5.41) is 13.6. The number of amides is 1. The first-order valence-corrected chi connectivity index (χ1v) is 15.4. The molecule has 1 aliphatic rings. The number of likely N-dealkylation sites (tertiary alicyclic amines) is 1. The molecule has 11 heteroatoms. The van der Waals surface area contributed by atoms with Crippen molar-refractivity contribution in [2.45, 2.75) is 37.3 Å². The molecule has 0 bridgehead atoms. The highest BCUT2D eigenvalue weighted by Crippen LogP contribution is 2.39. The molecule has 1 aliphatic heterocycles. The van der Waals surface area contributed by atoms with E-state index in [9.17, 15) is 28.1 Å². The van der Waals surface area contributed by atoms with E-state index in [0.717, 1.165) is 11.6 Å². The zero-order chi connectivity index (χ0) is 32.3. The topological polar surface area (TPSA) is 66.7 Å². The van der Waals surface area contributed by atoms with Gasteiger partial charge in [0.15, 0.2) is 0 Å². The first kappa shape index (κ1) is 32.7. The predicted octanol–water partition coefficient (Wildman–Crippen LogP) is 9.20. The number of piperidine rings is 1. The molecular formula is C34H32Cl2F3N3O3. The average molecular weight is 659 g/mol. The molecule has 45 heavy (non-hydrogen) atoms. The molecule has 0 unspecified atom stereocenters. The van der Waals surface area contributed by atoms with Crippen LogP contribution in [0.15, 0.2) is 78.9 Å². The van der Waals surface area contributed by atoms with Crippen molar-refractivity contribution in [2.24, 2.45) is 0 Å².